The molecule has 0 aliphatic carbocycles. The maximum Gasteiger partial charge on any atom is 0.129 e. The van der Waals surface area contributed by atoms with Crippen LogP contribution in [0.4, 0.5) is 0 Å². The zero-order chi connectivity index (χ0) is 14.3. The fourth-order valence-electron chi connectivity index (χ4n) is 2.28. The molecular formula is C15H11Br2ClN2. The molecule has 2 nitrogen and oxygen atoms in total. The number of aromatic nitrogens is 2. The van der Waals surface area contributed by atoms with Crippen molar-refractivity contribution in [3.63, 3.8) is 0 Å². The highest BCUT2D eigenvalue weighted by atomic mass is 79.9. The number of aryl methyl sites for hydroxylation is 1. The van der Waals surface area contributed by atoms with Gasteiger partial charge in [0.25, 0.3) is 0 Å². The normalized spacial score (nSPS) is 11.2. The Kier molecular flexibility index (Phi) is 3.89. The molecule has 5 heteroatoms. The Morgan fingerprint density at radius 2 is 1.80 bits per heavy atom. The van der Waals surface area contributed by atoms with Crippen LogP contribution in [0.25, 0.3) is 16.7 Å². The summed E-state index contributed by atoms with van der Waals surface area (Å²) in [6.07, 6.45) is 0. The summed E-state index contributed by atoms with van der Waals surface area (Å²) < 4.78 is 4.18. The van der Waals surface area contributed by atoms with Gasteiger partial charge < -0.3 is 0 Å². The molecule has 0 fully saturated rings. The number of rotatable bonds is 2. The Balaban J connectivity index is 2.39. The number of hydrogen-bond acceptors (Lipinski definition) is 1. The molecule has 1 heterocycles. The van der Waals surface area contributed by atoms with E-state index in [1.807, 2.05) is 18.2 Å². The highest BCUT2D eigenvalue weighted by Crippen LogP contribution is 2.28. The van der Waals surface area contributed by atoms with Crippen LogP contribution in [-0.4, -0.2) is 9.55 Å². The zero-order valence-corrected chi connectivity index (χ0v) is 14.6. The minimum Gasteiger partial charge on any atom is -0.295 e. The van der Waals surface area contributed by atoms with Gasteiger partial charge in [-0.15, -0.1) is 11.6 Å². The van der Waals surface area contributed by atoms with Crippen molar-refractivity contribution in [2.24, 2.45) is 0 Å². The number of hydrogen-bond donors (Lipinski definition) is 0. The molecule has 3 rings (SSSR count). The Hall–Kier alpha value is -0.840. The summed E-state index contributed by atoms with van der Waals surface area (Å²) in [6.45, 7) is 2.09. The van der Waals surface area contributed by atoms with Gasteiger partial charge in [-0.05, 0) is 42.8 Å². The lowest BCUT2D eigenvalue weighted by Gasteiger charge is -2.11. The molecule has 3 aromatic rings. The average Bonchev–Trinajstić information content (AvgIpc) is 2.79. The summed E-state index contributed by atoms with van der Waals surface area (Å²) in [5, 5.41) is 0. The van der Waals surface area contributed by atoms with E-state index in [4.69, 9.17) is 11.6 Å². The first-order chi connectivity index (χ1) is 9.60. The van der Waals surface area contributed by atoms with Crippen LogP contribution in [0.3, 0.4) is 0 Å². The largest absolute Gasteiger partial charge is 0.295 e. The first-order valence-electron chi connectivity index (χ1n) is 6.09. The van der Waals surface area contributed by atoms with Crippen molar-refractivity contribution >= 4 is 54.5 Å². The molecule has 102 valence electrons. The SMILES string of the molecule is Cc1ccc(Br)cc1-n1c(CCl)nc2ccc(Br)cc21. The van der Waals surface area contributed by atoms with Gasteiger partial charge in [-0.25, -0.2) is 4.98 Å². The van der Waals surface area contributed by atoms with Gasteiger partial charge in [-0.2, -0.15) is 0 Å². The number of benzene rings is 2. The zero-order valence-electron chi connectivity index (χ0n) is 10.7. The second-order valence-corrected chi connectivity index (χ2v) is 6.66. The molecule has 20 heavy (non-hydrogen) atoms. The lowest BCUT2D eigenvalue weighted by molar-refractivity contribution is 0.971. The third-order valence-electron chi connectivity index (χ3n) is 3.22. The quantitative estimate of drug-likeness (QED) is 0.499. The van der Waals surface area contributed by atoms with Crippen molar-refractivity contribution in [3.8, 4) is 5.69 Å². The van der Waals surface area contributed by atoms with E-state index in [0.717, 1.165) is 31.5 Å². The third-order valence-corrected chi connectivity index (χ3v) is 4.44. The number of fused-ring (bicyclic) bond motifs is 1. The van der Waals surface area contributed by atoms with Crippen molar-refractivity contribution in [3.05, 3.63) is 56.7 Å². The second-order valence-electron chi connectivity index (χ2n) is 4.56. The molecule has 2 aromatic carbocycles. The molecule has 0 saturated carbocycles. The standard InChI is InChI=1S/C15H11Br2ClN2/c1-9-2-3-10(16)6-13(9)20-14-7-11(17)4-5-12(14)19-15(20)8-18/h2-7H,8H2,1H3. The number of halogens is 3. The van der Waals surface area contributed by atoms with Crippen LogP contribution in [0.5, 0.6) is 0 Å². The molecule has 0 bridgehead atoms. The van der Waals surface area contributed by atoms with Gasteiger partial charge in [0, 0.05) is 8.95 Å². The van der Waals surface area contributed by atoms with Crippen LogP contribution in [0.2, 0.25) is 0 Å². The maximum atomic E-state index is 6.08. The lowest BCUT2D eigenvalue weighted by atomic mass is 10.2. The first kappa shape index (κ1) is 14.1. The molecule has 0 amide bonds. The van der Waals surface area contributed by atoms with Crippen molar-refractivity contribution in [2.75, 3.05) is 0 Å². The number of nitrogens with zero attached hydrogens (tertiary/aromatic N) is 2. The first-order valence-corrected chi connectivity index (χ1v) is 8.21. The molecule has 0 radical (unpaired) electrons. The topological polar surface area (TPSA) is 17.8 Å². The summed E-state index contributed by atoms with van der Waals surface area (Å²) in [4.78, 5) is 4.61. The summed E-state index contributed by atoms with van der Waals surface area (Å²) in [5.74, 6) is 1.22. The van der Waals surface area contributed by atoms with Crippen LogP contribution in [0, 0.1) is 6.92 Å². The summed E-state index contributed by atoms with van der Waals surface area (Å²) in [6, 6.07) is 12.3. The van der Waals surface area contributed by atoms with Gasteiger partial charge in [-0.1, -0.05) is 37.9 Å². The minimum absolute atomic E-state index is 0.373. The van der Waals surface area contributed by atoms with Crippen LogP contribution in [0.15, 0.2) is 45.3 Å². The number of alkyl halides is 1. The van der Waals surface area contributed by atoms with Gasteiger partial charge >= 0.3 is 0 Å². The third kappa shape index (κ3) is 2.41. The van der Waals surface area contributed by atoms with Gasteiger partial charge in [0.15, 0.2) is 0 Å². The van der Waals surface area contributed by atoms with E-state index in [1.54, 1.807) is 0 Å². The van der Waals surface area contributed by atoms with E-state index in [0.29, 0.717) is 5.88 Å². The lowest BCUT2D eigenvalue weighted by Crippen LogP contribution is -2.01. The highest BCUT2D eigenvalue weighted by Gasteiger charge is 2.14. The van der Waals surface area contributed by atoms with Gasteiger partial charge in [0.2, 0.25) is 0 Å². The Labute approximate surface area is 139 Å². The van der Waals surface area contributed by atoms with Crippen molar-refractivity contribution in [1.82, 2.24) is 9.55 Å². The molecule has 0 unspecified atom stereocenters. The molecule has 0 N–H and O–H groups in total. The smallest absolute Gasteiger partial charge is 0.129 e. The molecule has 0 spiro atoms. The Morgan fingerprint density at radius 1 is 1.10 bits per heavy atom. The van der Waals surface area contributed by atoms with Crippen molar-refractivity contribution in [1.29, 1.82) is 0 Å². The fraction of sp³-hybridized carbons (Fsp3) is 0.133. The summed E-state index contributed by atoms with van der Waals surface area (Å²) in [7, 11) is 0. The van der Waals surface area contributed by atoms with Gasteiger partial charge in [0.05, 0.1) is 22.6 Å². The van der Waals surface area contributed by atoms with E-state index in [9.17, 15) is 0 Å². The van der Waals surface area contributed by atoms with Gasteiger partial charge in [-0.3, -0.25) is 4.57 Å². The Morgan fingerprint density at radius 3 is 2.55 bits per heavy atom. The van der Waals surface area contributed by atoms with Crippen molar-refractivity contribution in [2.45, 2.75) is 12.8 Å². The number of imidazole rings is 1. The molecule has 0 aliphatic rings. The summed E-state index contributed by atoms with van der Waals surface area (Å²) in [5.41, 5.74) is 4.27. The molecule has 0 saturated heterocycles. The van der Waals surface area contributed by atoms with Crippen LogP contribution in [-0.2, 0) is 5.88 Å². The maximum absolute atomic E-state index is 6.08. The van der Waals surface area contributed by atoms with Crippen molar-refractivity contribution < 1.29 is 0 Å². The molecule has 1 aromatic heterocycles. The van der Waals surface area contributed by atoms with E-state index in [1.165, 1.54) is 5.56 Å². The fourth-order valence-corrected chi connectivity index (χ4v) is 3.16. The monoisotopic (exact) mass is 412 g/mol. The van der Waals surface area contributed by atoms with Crippen LogP contribution < -0.4 is 0 Å². The summed E-state index contributed by atoms with van der Waals surface area (Å²) >= 11 is 13.1. The van der Waals surface area contributed by atoms with E-state index in [2.05, 4.69) is 66.5 Å². The molecule has 0 atom stereocenters. The predicted molar refractivity (Wildman–Crippen MR) is 90.8 cm³/mol. The van der Waals surface area contributed by atoms with Crippen LogP contribution in [0.1, 0.15) is 11.4 Å². The highest BCUT2D eigenvalue weighted by molar-refractivity contribution is 9.10. The Bertz CT molecular complexity index is 796. The van der Waals surface area contributed by atoms with E-state index < -0.39 is 0 Å². The predicted octanol–water partition coefficient (Wildman–Crippen LogP) is 5.60. The average molecular weight is 415 g/mol. The van der Waals surface area contributed by atoms with Gasteiger partial charge in [0.1, 0.15) is 5.82 Å². The molecule has 0 aliphatic heterocycles. The minimum atomic E-state index is 0.373. The second kappa shape index (κ2) is 5.51. The van der Waals surface area contributed by atoms with Crippen LogP contribution >= 0.6 is 43.5 Å². The molecular weight excluding hydrogens is 403 g/mol. The van der Waals surface area contributed by atoms with E-state index in [-0.39, 0.29) is 0 Å². The van der Waals surface area contributed by atoms with E-state index >= 15 is 0 Å².